The lowest BCUT2D eigenvalue weighted by Crippen LogP contribution is -2.01. The Morgan fingerprint density at radius 2 is 1.81 bits per heavy atom. The summed E-state index contributed by atoms with van der Waals surface area (Å²) in [4.78, 5) is 9.00. The van der Waals surface area contributed by atoms with Gasteiger partial charge in [0.1, 0.15) is 17.4 Å². The van der Waals surface area contributed by atoms with Crippen molar-refractivity contribution in [3.63, 3.8) is 0 Å². The van der Waals surface area contributed by atoms with Crippen LogP contribution in [0.25, 0.3) is 0 Å². The summed E-state index contributed by atoms with van der Waals surface area (Å²) in [5, 5.41) is 3.83. The molecule has 110 valence electrons. The minimum absolute atomic E-state index is 0.481. The molecular formula is C16H18ClN3O. The first kappa shape index (κ1) is 14.1. The van der Waals surface area contributed by atoms with Crippen LogP contribution in [-0.4, -0.2) is 17.0 Å². The van der Waals surface area contributed by atoms with Crippen molar-refractivity contribution >= 4 is 17.4 Å². The standard InChI is InChI=1S/C16H18ClN3O/c1-9-6-12(7-10(2)15(9)17)21-14-8-13(18-3)19-16(20-14)11-4-5-11/h6-8,11H,4-5H2,1-3H3,(H,18,19,20). The topological polar surface area (TPSA) is 47.0 Å². The molecule has 1 aromatic heterocycles. The predicted molar refractivity (Wildman–Crippen MR) is 84.6 cm³/mol. The molecule has 0 unspecified atom stereocenters. The molecule has 1 aliphatic rings. The molecule has 21 heavy (non-hydrogen) atoms. The molecule has 0 spiro atoms. The van der Waals surface area contributed by atoms with Gasteiger partial charge in [0.15, 0.2) is 0 Å². The average Bonchev–Trinajstić information content (AvgIpc) is 3.29. The van der Waals surface area contributed by atoms with Crippen LogP contribution >= 0.6 is 11.6 Å². The van der Waals surface area contributed by atoms with Crippen molar-refractivity contribution in [2.45, 2.75) is 32.6 Å². The third-order valence-electron chi connectivity index (χ3n) is 3.55. The Bertz CT molecular complexity index is 660. The van der Waals surface area contributed by atoms with E-state index in [-0.39, 0.29) is 0 Å². The first-order chi connectivity index (χ1) is 10.1. The van der Waals surface area contributed by atoms with Crippen LogP contribution in [0.1, 0.15) is 35.7 Å². The average molecular weight is 304 g/mol. The minimum atomic E-state index is 0.481. The lowest BCUT2D eigenvalue weighted by atomic mass is 10.1. The predicted octanol–water partition coefficient (Wildman–Crippen LogP) is 4.46. The molecule has 1 aromatic carbocycles. The number of hydrogen-bond donors (Lipinski definition) is 1. The van der Waals surface area contributed by atoms with Crippen LogP contribution in [0, 0.1) is 13.8 Å². The molecule has 3 rings (SSSR count). The fourth-order valence-corrected chi connectivity index (χ4v) is 2.34. The molecule has 0 amide bonds. The second kappa shape index (κ2) is 5.53. The summed E-state index contributed by atoms with van der Waals surface area (Å²) in [6.07, 6.45) is 2.32. The first-order valence-corrected chi connectivity index (χ1v) is 7.46. The van der Waals surface area contributed by atoms with Crippen LogP contribution in [0.3, 0.4) is 0 Å². The van der Waals surface area contributed by atoms with Crippen molar-refractivity contribution in [2.75, 3.05) is 12.4 Å². The monoisotopic (exact) mass is 303 g/mol. The summed E-state index contributed by atoms with van der Waals surface area (Å²) in [6, 6.07) is 5.66. The number of halogens is 1. The molecule has 0 aliphatic heterocycles. The largest absolute Gasteiger partial charge is 0.439 e. The molecule has 4 nitrogen and oxygen atoms in total. The van der Waals surface area contributed by atoms with Crippen LogP contribution in [0.15, 0.2) is 18.2 Å². The Morgan fingerprint density at radius 3 is 2.38 bits per heavy atom. The fraction of sp³-hybridized carbons (Fsp3) is 0.375. The number of hydrogen-bond acceptors (Lipinski definition) is 4. The van der Waals surface area contributed by atoms with Gasteiger partial charge in [-0.05, 0) is 49.9 Å². The van der Waals surface area contributed by atoms with E-state index in [0.29, 0.717) is 11.8 Å². The van der Waals surface area contributed by atoms with Crippen LogP contribution < -0.4 is 10.1 Å². The van der Waals surface area contributed by atoms with E-state index in [0.717, 1.165) is 46.4 Å². The van der Waals surface area contributed by atoms with Crippen molar-refractivity contribution in [2.24, 2.45) is 0 Å². The molecule has 0 bridgehead atoms. The van der Waals surface area contributed by atoms with Gasteiger partial charge >= 0.3 is 0 Å². The molecule has 5 heteroatoms. The second-order valence-corrected chi connectivity index (χ2v) is 5.82. The third-order valence-corrected chi connectivity index (χ3v) is 4.15. The zero-order chi connectivity index (χ0) is 15.0. The van der Waals surface area contributed by atoms with Crippen LogP contribution in [0.4, 0.5) is 5.82 Å². The summed E-state index contributed by atoms with van der Waals surface area (Å²) >= 11 is 6.18. The smallest absolute Gasteiger partial charge is 0.224 e. The second-order valence-electron chi connectivity index (χ2n) is 5.45. The van der Waals surface area contributed by atoms with E-state index in [9.17, 15) is 0 Å². The van der Waals surface area contributed by atoms with Crippen molar-refractivity contribution in [1.29, 1.82) is 0 Å². The Hall–Kier alpha value is -1.81. The number of aromatic nitrogens is 2. The van der Waals surface area contributed by atoms with Gasteiger partial charge in [-0.2, -0.15) is 4.98 Å². The van der Waals surface area contributed by atoms with Crippen LogP contribution in [0.2, 0.25) is 5.02 Å². The van der Waals surface area contributed by atoms with E-state index in [1.807, 2.05) is 39.1 Å². The maximum Gasteiger partial charge on any atom is 0.224 e. The van der Waals surface area contributed by atoms with Gasteiger partial charge in [-0.25, -0.2) is 4.98 Å². The molecule has 1 fully saturated rings. The molecule has 0 atom stereocenters. The Labute approximate surface area is 129 Å². The summed E-state index contributed by atoms with van der Waals surface area (Å²) in [6.45, 7) is 3.94. The van der Waals surface area contributed by atoms with E-state index in [4.69, 9.17) is 16.3 Å². The highest BCUT2D eigenvalue weighted by Gasteiger charge is 2.27. The lowest BCUT2D eigenvalue weighted by Gasteiger charge is -2.11. The van der Waals surface area contributed by atoms with Gasteiger partial charge in [-0.15, -0.1) is 0 Å². The zero-order valence-corrected chi connectivity index (χ0v) is 13.2. The summed E-state index contributed by atoms with van der Waals surface area (Å²) in [5.41, 5.74) is 1.99. The highest BCUT2D eigenvalue weighted by Crippen LogP contribution is 2.39. The lowest BCUT2D eigenvalue weighted by molar-refractivity contribution is 0.458. The molecular weight excluding hydrogens is 286 g/mol. The van der Waals surface area contributed by atoms with Crippen molar-refractivity contribution in [3.05, 3.63) is 40.2 Å². The number of anilines is 1. The van der Waals surface area contributed by atoms with Crippen molar-refractivity contribution < 1.29 is 4.74 Å². The number of nitrogens with one attached hydrogen (secondary N) is 1. The zero-order valence-electron chi connectivity index (χ0n) is 12.4. The molecule has 1 N–H and O–H groups in total. The van der Waals surface area contributed by atoms with Crippen molar-refractivity contribution in [3.8, 4) is 11.6 Å². The molecule has 1 saturated carbocycles. The summed E-state index contributed by atoms with van der Waals surface area (Å²) in [7, 11) is 1.85. The Balaban J connectivity index is 1.92. The molecule has 0 radical (unpaired) electrons. The number of benzene rings is 1. The van der Waals surface area contributed by atoms with Gasteiger partial charge in [0.05, 0.1) is 0 Å². The van der Waals surface area contributed by atoms with E-state index in [2.05, 4.69) is 15.3 Å². The van der Waals surface area contributed by atoms with Gasteiger partial charge in [0, 0.05) is 24.1 Å². The number of aryl methyl sites for hydroxylation is 2. The number of ether oxygens (including phenoxy) is 1. The highest BCUT2D eigenvalue weighted by atomic mass is 35.5. The van der Waals surface area contributed by atoms with Gasteiger partial charge in [0.2, 0.25) is 5.88 Å². The highest BCUT2D eigenvalue weighted by molar-refractivity contribution is 6.32. The van der Waals surface area contributed by atoms with Gasteiger partial charge in [-0.3, -0.25) is 0 Å². The van der Waals surface area contributed by atoms with Crippen LogP contribution in [0.5, 0.6) is 11.6 Å². The number of nitrogens with zero attached hydrogens (tertiary/aromatic N) is 2. The molecule has 2 aromatic rings. The van der Waals surface area contributed by atoms with Gasteiger partial charge in [-0.1, -0.05) is 11.6 Å². The van der Waals surface area contributed by atoms with E-state index < -0.39 is 0 Å². The maximum atomic E-state index is 6.18. The summed E-state index contributed by atoms with van der Waals surface area (Å²) < 4.78 is 5.91. The normalized spacial score (nSPS) is 14.1. The van der Waals surface area contributed by atoms with Crippen LogP contribution in [-0.2, 0) is 0 Å². The maximum absolute atomic E-state index is 6.18. The van der Waals surface area contributed by atoms with Gasteiger partial charge < -0.3 is 10.1 Å². The molecule has 0 saturated heterocycles. The van der Waals surface area contributed by atoms with E-state index >= 15 is 0 Å². The molecule has 1 heterocycles. The Kier molecular flexibility index (Phi) is 3.72. The molecule has 1 aliphatic carbocycles. The minimum Gasteiger partial charge on any atom is -0.439 e. The van der Waals surface area contributed by atoms with Gasteiger partial charge in [0.25, 0.3) is 0 Å². The van der Waals surface area contributed by atoms with E-state index in [1.54, 1.807) is 0 Å². The third kappa shape index (κ3) is 3.10. The fourth-order valence-electron chi connectivity index (χ4n) is 2.23. The number of rotatable bonds is 4. The van der Waals surface area contributed by atoms with E-state index in [1.165, 1.54) is 0 Å². The summed E-state index contributed by atoms with van der Waals surface area (Å²) in [5.74, 6) is 3.44. The SMILES string of the molecule is CNc1cc(Oc2cc(C)c(Cl)c(C)c2)nc(C2CC2)n1. The quantitative estimate of drug-likeness (QED) is 0.906. The van der Waals surface area contributed by atoms with Crippen molar-refractivity contribution in [1.82, 2.24) is 9.97 Å². The first-order valence-electron chi connectivity index (χ1n) is 7.08. The Morgan fingerprint density at radius 1 is 1.14 bits per heavy atom.